The fourth-order valence-electron chi connectivity index (χ4n) is 4.09. The summed E-state index contributed by atoms with van der Waals surface area (Å²) >= 11 is 0. The predicted molar refractivity (Wildman–Crippen MR) is 100 cm³/mol. The van der Waals surface area contributed by atoms with E-state index in [1.807, 2.05) is 0 Å². The van der Waals surface area contributed by atoms with E-state index in [0.29, 0.717) is 17.3 Å². The van der Waals surface area contributed by atoms with Crippen LogP contribution in [0, 0.1) is 23.2 Å². The van der Waals surface area contributed by atoms with Gasteiger partial charge in [0.05, 0.1) is 11.6 Å². The lowest BCUT2D eigenvalue weighted by Gasteiger charge is -2.29. The van der Waals surface area contributed by atoms with Gasteiger partial charge in [-0.3, -0.25) is 9.59 Å². The van der Waals surface area contributed by atoms with Gasteiger partial charge in [-0.2, -0.15) is 5.26 Å². The van der Waals surface area contributed by atoms with Crippen molar-refractivity contribution in [2.45, 2.75) is 63.8 Å². The van der Waals surface area contributed by atoms with Gasteiger partial charge < -0.3 is 10.6 Å². The summed E-state index contributed by atoms with van der Waals surface area (Å²) in [7, 11) is 0. The minimum Gasteiger partial charge on any atom is -0.353 e. The van der Waals surface area contributed by atoms with E-state index in [1.54, 1.807) is 24.3 Å². The molecule has 2 amide bonds. The zero-order valence-electron chi connectivity index (χ0n) is 15.2. The Morgan fingerprint density at radius 3 is 2.23 bits per heavy atom. The van der Waals surface area contributed by atoms with Gasteiger partial charge in [-0.05, 0) is 56.7 Å². The SMILES string of the molecule is N#Cc1cccc(NC(=O)C2CCC(C(=O)NC3CCCCC3)CC2)c1. The van der Waals surface area contributed by atoms with Gasteiger partial charge in [-0.25, -0.2) is 0 Å². The molecule has 2 saturated carbocycles. The maximum atomic E-state index is 12.5. The zero-order chi connectivity index (χ0) is 18.4. The van der Waals surface area contributed by atoms with Crippen molar-refractivity contribution in [1.29, 1.82) is 5.26 Å². The number of anilines is 1. The molecule has 0 unspecified atom stereocenters. The van der Waals surface area contributed by atoms with E-state index in [-0.39, 0.29) is 23.7 Å². The number of hydrogen-bond donors (Lipinski definition) is 2. The molecule has 0 spiro atoms. The van der Waals surface area contributed by atoms with E-state index < -0.39 is 0 Å². The number of nitriles is 1. The van der Waals surface area contributed by atoms with Crippen molar-refractivity contribution in [3.63, 3.8) is 0 Å². The van der Waals surface area contributed by atoms with Crippen molar-refractivity contribution in [1.82, 2.24) is 5.32 Å². The summed E-state index contributed by atoms with van der Waals surface area (Å²) in [5, 5.41) is 15.1. The normalized spacial score (nSPS) is 23.7. The molecule has 0 aliphatic heterocycles. The summed E-state index contributed by atoms with van der Waals surface area (Å²) in [6.45, 7) is 0. The highest BCUT2D eigenvalue weighted by molar-refractivity contribution is 5.93. The predicted octanol–water partition coefficient (Wildman–Crippen LogP) is 3.75. The van der Waals surface area contributed by atoms with Crippen molar-refractivity contribution >= 4 is 17.5 Å². The number of carbonyl (C=O) groups is 2. The molecular weight excluding hydrogens is 326 g/mol. The molecule has 0 bridgehead atoms. The van der Waals surface area contributed by atoms with E-state index >= 15 is 0 Å². The van der Waals surface area contributed by atoms with Gasteiger partial charge in [0.2, 0.25) is 11.8 Å². The minimum atomic E-state index is -0.0560. The van der Waals surface area contributed by atoms with Gasteiger partial charge in [0.1, 0.15) is 0 Å². The molecule has 2 aliphatic rings. The molecular formula is C21H27N3O2. The third kappa shape index (κ3) is 4.85. The standard InChI is InChI=1S/C21H27N3O2/c22-14-15-5-4-8-19(13-15)24-21(26)17-11-9-16(10-12-17)20(25)23-18-6-2-1-3-7-18/h4-5,8,13,16-18H,1-3,6-7,9-12H2,(H,23,25)(H,24,26). The lowest BCUT2D eigenvalue weighted by molar-refractivity contribution is -0.129. The number of nitrogens with zero attached hydrogens (tertiary/aromatic N) is 1. The van der Waals surface area contributed by atoms with Gasteiger partial charge in [-0.15, -0.1) is 0 Å². The number of amides is 2. The first kappa shape index (κ1) is 18.4. The molecule has 138 valence electrons. The Hall–Kier alpha value is -2.35. The quantitative estimate of drug-likeness (QED) is 0.865. The monoisotopic (exact) mass is 353 g/mol. The Kier molecular flexibility index (Phi) is 6.27. The second kappa shape index (κ2) is 8.84. The van der Waals surface area contributed by atoms with E-state index in [9.17, 15) is 9.59 Å². The molecule has 26 heavy (non-hydrogen) atoms. The van der Waals surface area contributed by atoms with Crippen molar-refractivity contribution in [2.75, 3.05) is 5.32 Å². The summed E-state index contributed by atoms with van der Waals surface area (Å²) in [5.74, 6) is 0.158. The molecule has 2 aliphatic carbocycles. The van der Waals surface area contributed by atoms with Crippen molar-refractivity contribution in [3.8, 4) is 6.07 Å². The van der Waals surface area contributed by atoms with Crippen LogP contribution < -0.4 is 10.6 Å². The number of hydrogen-bond acceptors (Lipinski definition) is 3. The van der Waals surface area contributed by atoms with E-state index in [1.165, 1.54) is 19.3 Å². The minimum absolute atomic E-state index is 0.00812. The molecule has 5 nitrogen and oxygen atoms in total. The van der Waals surface area contributed by atoms with Crippen LogP contribution in [0.2, 0.25) is 0 Å². The number of benzene rings is 1. The third-order valence-electron chi connectivity index (χ3n) is 5.68. The fourth-order valence-corrected chi connectivity index (χ4v) is 4.09. The topological polar surface area (TPSA) is 82.0 Å². The van der Waals surface area contributed by atoms with Crippen LogP contribution in [0.25, 0.3) is 0 Å². The second-order valence-corrected chi connectivity index (χ2v) is 7.57. The van der Waals surface area contributed by atoms with Crippen molar-refractivity contribution < 1.29 is 9.59 Å². The Labute approximate surface area is 155 Å². The highest BCUT2D eigenvalue weighted by Crippen LogP contribution is 2.30. The van der Waals surface area contributed by atoms with Gasteiger partial charge in [0.15, 0.2) is 0 Å². The van der Waals surface area contributed by atoms with Gasteiger partial charge in [-0.1, -0.05) is 25.3 Å². The molecule has 0 saturated heterocycles. The van der Waals surface area contributed by atoms with E-state index in [4.69, 9.17) is 5.26 Å². The Morgan fingerprint density at radius 1 is 0.923 bits per heavy atom. The first-order valence-electron chi connectivity index (χ1n) is 9.77. The van der Waals surface area contributed by atoms with Crippen LogP contribution in [-0.4, -0.2) is 17.9 Å². The Bertz CT molecular complexity index is 681. The molecule has 1 aromatic carbocycles. The van der Waals surface area contributed by atoms with Crippen LogP contribution in [0.3, 0.4) is 0 Å². The van der Waals surface area contributed by atoms with E-state index in [0.717, 1.165) is 38.5 Å². The Morgan fingerprint density at radius 2 is 1.58 bits per heavy atom. The maximum Gasteiger partial charge on any atom is 0.227 e. The lowest BCUT2D eigenvalue weighted by atomic mass is 9.80. The van der Waals surface area contributed by atoms with Gasteiger partial charge in [0.25, 0.3) is 0 Å². The van der Waals surface area contributed by atoms with Crippen LogP contribution in [-0.2, 0) is 9.59 Å². The molecule has 2 fully saturated rings. The largest absolute Gasteiger partial charge is 0.353 e. The molecule has 0 heterocycles. The molecule has 5 heteroatoms. The average molecular weight is 353 g/mol. The fraction of sp³-hybridized carbons (Fsp3) is 0.571. The number of carbonyl (C=O) groups excluding carboxylic acids is 2. The van der Waals surface area contributed by atoms with E-state index in [2.05, 4.69) is 16.7 Å². The summed E-state index contributed by atoms with van der Waals surface area (Å²) in [6.07, 6.45) is 8.94. The lowest BCUT2D eigenvalue weighted by Crippen LogP contribution is -2.41. The molecule has 2 N–H and O–H groups in total. The van der Waals surface area contributed by atoms with Crippen LogP contribution >= 0.6 is 0 Å². The summed E-state index contributed by atoms with van der Waals surface area (Å²) in [5.41, 5.74) is 1.19. The van der Waals surface area contributed by atoms with Gasteiger partial charge in [0, 0.05) is 23.6 Å². The number of nitrogens with one attached hydrogen (secondary N) is 2. The van der Waals surface area contributed by atoms with Crippen LogP contribution in [0.5, 0.6) is 0 Å². The maximum absolute atomic E-state index is 12.5. The summed E-state index contributed by atoms with van der Waals surface area (Å²) < 4.78 is 0. The summed E-state index contributed by atoms with van der Waals surface area (Å²) in [6, 6.07) is 9.38. The average Bonchev–Trinajstić information content (AvgIpc) is 2.69. The first-order valence-corrected chi connectivity index (χ1v) is 9.77. The highest BCUT2D eigenvalue weighted by Gasteiger charge is 2.31. The smallest absolute Gasteiger partial charge is 0.227 e. The van der Waals surface area contributed by atoms with Crippen molar-refractivity contribution in [3.05, 3.63) is 29.8 Å². The van der Waals surface area contributed by atoms with Gasteiger partial charge >= 0.3 is 0 Å². The molecule has 0 atom stereocenters. The molecule has 0 aromatic heterocycles. The zero-order valence-corrected chi connectivity index (χ0v) is 15.2. The Balaban J connectivity index is 1.46. The summed E-state index contributed by atoms with van der Waals surface area (Å²) in [4.78, 5) is 24.9. The van der Waals surface area contributed by atoms with Crippen LogP contribution in [0.4, 0.5) is 5.69 Å². The molecule has 1 aromatic rings. The van der Waals surface area contributed by atoms with Crippen molar-refractivity contribution in [2.24, 2.45) is 11.8 Å². The molecule has 0 radical (unpaired) electrons. The van der Waals surface area contributed by atoms with Crippen LogP contribution in [0.1, 0.15) is 63.4 Å². The molecule has 3 rings (SSSR count). The first-order chi connectivity index (χ1) is 12.7. The van der Waals surface area contributed by atoms with Crippen LogP contribution in [0.15, 0.2) is 24.3 Å². The number of rotatable bonds is 4. The second-order valence-electron chi connectivity index (χ2n) is 7.57. The third-order valence-corrected chi connectivity index (χ3v) is 5.68. The highest BCUT2D eigenvalue weighted by atomic mass is 16.2.